The van der Waals surface area contributed by atoms with Gasteiger partial charge in [0.1, 0.15) is 5.82 Å². The second kappa shape index (κ2) is 4.06. The van der Waals surface area contributed by atoms with E-state index in [0.29, 0.717) is 5.06 Å². The normalized spacial score (nSPS) is 22.0. The number of amides is 1. The van der Waals surface area contributed by atoms with Crippen molar-refractivity contribution < 1.29 is 23.9 Å². The fourth-order valence-corrected chi connectivity index (χ4v) is 2.00. The van der Waals surface area contributed by atoms with Crippen molar-refractivity contribution in [1.82, 2.24) is 0 Å². The smallest absolute Gasteiger partial charge is 0.326 e. The number of esters is 1. The van der Waals surface area contributed by atoms with Gasteiger partial charge in [-0.2, -0.15) is 5.06 Å². The molecule has 0 radical (unpaired) electrons. The number of halogens is 1. The number of ether oxygens (including phenoxy) is 1. The van der Waals surface area contributed by atoms with Gasteiger partial charge in [-0.25, -0.2) is 4.39 Å². The second-order valence-corrected chi connectivity index (χ2v) is 4.12. The number of anilines is 1. The van der Waals surface area contributed by atoms with E-state index in [1.54, 1.807) is 6.92 Å². The first-order valence-corrected chi connectivity index (χ1v) is 5.43. The molecule has 1 unspecified atom stereocenters. The van der Waals surface area contributed by atoms with E-state index in [4.69, 9.17) is 4.74 Å². The van der Waals surface area contributed by atoms with Crippen molar-refractivity contribution >= 4 is 17.6 Å². The highest BCUT2D eigenvalue weighted by atomic mass is 19.1. The third-order valence-corrected chi connectivity index (χ3v) is 3.03. The van der Waals surface area contributed by atoms with Gasteiger partial charge in [-0.15, -0.1) is 0 Å². The number of hydrogen-bond donors (Lipinski definition) is 1. The molecule has 18 heavy (non-hydrogen) atoms. The van der Waals surface area contributed by atoms with E-state index in [1.165, 1.54) is 13.0 Å². The molecule has 6 heteroatoms. The van der Waals surface area contributed by atoms with Crippen LogP contribution in [0.5, 0.6) is 0 Å². The number of rotatable bonds is 2. The number of hydrogen-bond acceptors (Lipinski definition) is 4. The summed E-state index contributed by atoms with van der Waals surface area (Å²) < 4.78 is 18.1. The van der Waals surface area contributed by atoms with Gasteiger partial charge in [-0.1, -0.05) is 0 Å². The van der Waals surface area contributed by atoms with Crippen molar-refractivity contribution in [3.63, 3.8) is 0 Å². The van der Waals surface area contributed by atoms with Crippen molar-refractivity contribution in [2.45, 2.75) is 19.3 Å². The van der Waals surface area contributed by atoms with Gasteiger partial charge >= 0.3 is 5.97 Å². The van der Waals surface area contributed by atoms with Gasteiger partial charge in [0, 0.05) is 5.56 Å². The van der Waals surface area contributed by atoms with Gasteiger partial charge in [0.25, 0.3) is 5.91 Å². The molecule has 0 saturated heterocycles. The number of carbonyl (C=O) groups is 2. The minimum atomic E-state index is -1.71. The van der Waals surface area contributed by atoms with Crippen LogP contribution in [0.2, 0.25) is 0 Å². The summed E-state index contributed by atoms with van der Waals surface area (Å²) in [6.45, 7) is 3.00. The molecule has 5 nitrogen and oxygen atoms in total. The quantitative estimate of drug-likeness (QED) is 0.491. The van der Waals surface area contributed by atoms with Crippen LogP contribution in [-0.2, 0) is 19.7 Å². The zero-order chi connectivity index (χ0) is 13.5. The summed E-state index contributed by atoms with van der Waals surface area (Å²) in [5.41, 5.74) is -1.51. The fourth-order valence-electron chi connectivity index (χ4n) is 2.00. The van der Waals surface area contributed by atoms with Crippen LogP contribution >= 0.6 is 0 Å². The summed E-state index contributed by atoms with van der Waals surface area (Å²) in [4.78, 5) is 23.9. The van der Waals surface area contributed by atoms with Crippen LogP contribution in [-0.4, -0.2) is 23.7 Å². The van der Waals surface area contributed by atoms with Crippen LogP contribution in [0.1, 0.15) is 19.4 Å². The maximum Gasteiger partial charge on any atom is 0.326 e. The SMILES string of the molecule is CCOC(=O)C1(C)C(=O)N(O)c2ccc(F)cc21. The summed E-state index contributed by atoms with van der Waals surface area (Å²) in [5, 5.41) is 10.00. The molecule has 1 amide bonds. The Kier molecular flexibility index (Phi) is 2.82. The fraction of sp³-hybridized carbons (Fsp3) is 0.333. The molecule has 1 heterocycles. The minimum Gasteiger partial charge on any atom is -0.465 e. The van der Waals surface area contributed by atoms with Gasteiger partial charge < -0.3 is 4.74 Å². The van der Waals surface area contributed by atoms with Crippen molar-refractivity contribution in [3.05, 3.63) is 29.6 Å². The van der Waals surface area contributed by atoms with Crippen LogP contribution in [0, 0.1) is 5.82 Å². The Bertz CT molecular complexity index is 531. The molecular formula is C12H12FNO4. The molecule has 0 saturated carbocycles. The molecular weight excluding hydrogens is 241 g/mol. The molecule has 0 spiro atoms. The van der Waals surface area contributed by atoms with Gasteiger partial charge in [0.15, 0.2) is 5.41 Å². The zero-order valence-corrected chi connectivity index (χ0v) is 9.94. The lowest BCUT2D eigenvalue weighted by atomic mass is 9.84. The maximum absolute atomic E-state index is 13.2. The summed E-state index contributed by atoms with van der Waals surface area (Å²) in [7, 11) is 0. The molecule has 0 aliphatic carbocycles. The highest BCUT2D eigenvalue weighted by molar-refractivity contribution is 6.19. The first-order valence-electron chi connectivity index (χ1n) is 5.43. The van der Waals surface area contributed by atoms with Crippen LogP contribution < -0.4 is 5.06 Å². The van der Waals surface area contributed by atoms with Crippen molar-refractivity contribution in [3.8, 4) is 0 Å². The third-order valence-electron chi connectivity index (χ3n) is 3.03. The molecule has 1 aromatic rings. The van der Waals surface area contributed by atoms with Crippen LogP contribution in [0.15, 0.2) is 18.2 Å². The van der Waals surface area contributed by atoms with E-state index in [2.05, 4.69) is 0 Å². The van der Waals surface area contributed by atoms with Crippen molar-refractivity contribution in [1.29, 1.82) is 0 Å². The number of carbonyl (C=O) groups excluding carboxylic acids is 2. The van der Waals surface area contributed by atoms with Crippen LogP contribution in [0.4, 0.5) is 10.1 Å². The first-order chi connectivity index (χ1) is 8.42. The predicted octanol–water partition coefficient (Wildman–Crippen LogP) is 1.38. The lowest BCUT2D eigenvalue weighted by Crippen LogP contribution is -2.44. The monoisotopic (exact) mass is 253 g/mol. The third kappa shape index (κ3) is 1.49. The largest absolute Gasteiger partial charge is 0.465 e. The van der Waals surface area contributed by atoms with E-state index in [-0.39, 0.29) is 17.9 Å². The average molecular weight is 253 g/mol. The van der Waals surface area contributed by atoms with Gasteiger partial charge in [0.05, 0.1) is 12.3 Å². The molecule has 1 aliphatic rings. The van der Waals surface area contributed by atoms with E-state index in [1.807, 2.05) is 0 Å². The zero-order valence-electron chi connectivity index (χ0n) is 9.94. The summed E-state index contributed by atoms with van der Waals surface area (Å²) in [6.07, 6.45) is 0. The molecule has 1 aromatic carbocycles. The van der Waals surface area contributed by atoms with Crippen LogP contribution in [0.25, 0.3) is 0 Å². The predicted molar refractivity (Wildman–Crippen MR) is 59.7 cm³/mol. The standard InChI is InChI=1S/C12H12FNO4/c1-3-18-11(16)12(2)8-6-7(13)4-5-9(8)14(17)10(12)15/h4-6,17H,3H2,1-2H3. The Balaban J connectivity index is 2.60. The van der Waals surface area contributed by atoms with Crippen LogP contribution in [0.3, 0.4) is 0 Å². The molecule has 96 valence electrons. The molecule has 1 N–H and O–H groups in total. The lowest BCUT2D eigenvalue weighted by Gasteiger charge is -2.20. The number of hydroxylamine groups is 1. The molecule has 1 atom stereocenters. The van der Waals surface area contributed by atoms with Gasteiger partial charge in [0.2, 0.25) is 0 Å². The highest BCUT2D eigenvalue weighted by Crippen LogP contribution is 2.41. The van der Waals surface area contributed by atoms with E-state index < -0.39 is 23.1 Å². The number of benzene rings is 1. The molecule has 0 bridgehead atoms. The molecule has 2 rings (SSSR count). The molecule has 1 aliphatic heterocycles. The van der Waals surface area contributed by atoms with Gasteiger partial charge in [-0.3, -0.25) is 14.8 Å². The lowest BCUT2D eigenvalue weighted by molar-refractivity contribution is -0.153. The van der Waals surface area contributed by atoms with E-state index >= 15 is 0 Å². The first kappa shape index (κ1) is 12.5. The Morgan fingerprint density at radius 1 is 1.56 bits per heavy atom. The Labute approximate surface area is 103 Å². The van der Waals surface area contributed by atoms with Gasteiger partial charge in [-0.05, 0) is 32.0 Å². The number of nitrogens with zero attached hydrogens (tertiary/aromatic N) is 1. The van der Waals surface area contributed by atoms with Crippen molar-refractivity contribution in [2.24, 2.45) is 0 Å². The summed E-state index contributed by atoms with van der Waals surface area (Å²) in [6, 6.07) is 3.40. The van der Waals surface area contributed by atoms with E-state index in [9.17, 15) is 19.2 Å². The van der Waals surface area contributed by atoms with E-state index in [0.717, 1.165) is 12.1 Å². The van der Waals surface area contributed by atoms with Crippen molar-refractivity contribution in [2.75, 3.05) is 11.7 Å². The molecule has 0 aromatic heterocycles. The Hall–Kier alpha value is -1.95. The number of fused-ring (bicyclic) bond motifs is 1. The highest BCUT2D eigenvalue weighted by Gasteiger charge is 2.54. The topological polar surface area (TPSA) is 66.8 Å². The second-order valence-electron chi connectivity index (χ2n) is 4.12. The molecule has 0 fully saturated rings. The summed E-state index contributed by atoms with van der Waals surface area (Å²) in [5.74, 6) is -2.24. The summed E-state index contributed by atoms with van der Waals surface area (Å²) >= 11 is 0. The Morgan fingerprint density at radius 2 is 2.22 bits per heavy atom. The Morgan fingerprint density at radius 3 is 2.83 bits per heavy atom. The minimum absolute atomic E-state index is 0.0944. The average Bonchev–Trinajstić information content (AvgIpc) is 2.53. The maximum atomic E-state index is 13.2.